The Morgan fingerprint density at radius 1 is 1.23 bits per heavy atom. The highest BCUT2D eigenvalue weighted by Gasteiger charge is 2.34. The Hall–Kier alpha value is -3.10. The van der Waals surface area contributed by atoms with Crippen LogP contribution in [-0.2, 0) is 5.41 Å². The fourth-order valence-electron chi connectivity index (χ4n) is 3.97. The van der Waals surface area contributed by atoms with E-state index in [1.165, 1.54) is 0 Å². The molecular weight excluding hydrogens is 388 g/mol. The lowest BCUT2D eigenvalue weighted by Gasteiger charge is -2.25. The molecule has 0 saturated carbocycles. The molecule has 0 atom stereocenters. The van der Waals surface area contributed by atoms with Crippen molar-refractivity contribution in [3.63, 3.8) is 0 Å². The van der Waals surface area contributed by atoms with E-state index in [1.807, 2.05) is 39.0 Å². The van der Waals surface area contributed by atoms with Crippen molar-refractivity contribution in [1.82, 2.24) is 9.88 Å². The van der Waals surface area contributed by atoms with Crippen molar-refractivity contribution in [1.29, 1.82) is 0 Å². The maximum atomic E-state index is 11.8. The molecule has 0 bridgehead atoms. The van der Waals surface area contributed by atoms with Gasteiger partial charge in [-0.25, -0.2) is 4.98 Å². The van der Waals surface area contributed by atoms with Crippen LogP contribution in [0.2, 0.25) is 0 Å². The smallest absolute Gasteiger partial charge is 0.213 e. The number of benzene rings is 1. The van der Waals surface area contributed by atoms with Gasteiger partial charge in [-0.05, 0) is 63.7 Å². The van der Waals surface area contributed by atoms with Crippen molar-refractivity contribution in [2.75, 3.05) is 26.2 Å². The molecule has 0 spiro atoms. The molecule has 162 valence electrons. The summed E-state index contributed by atoms with van der Waals surface area (Å²) in [6.07, 6.45) is 6.37. The number of furan rings is 1. The molecule has 0 N–H and O–H groups in total. The number of aldehydes is 1. The van der Waals surface area contributed by atoms with Crippen molar-refractivity contribution in [2.24, 2.45) is 0 Å². The molecule has 3 rings (SSSR count). The Labute approximate surface area is 184 Å². The SMILES string of the molecule is C#Cc1ccc2c(C)c(C(C)(C)c3nc(OCCN(CC)CC)ccc3C=O)oc2c1. The molecule has 0 aliphatic rings. The maximum absolute atomic E-state index is 11.8. The third-order valence-electron chi connectivity index (χ3n) is 5.84. The van der Waals surface area contributed by atoms with Gasteiger partial charge < -0.3 is 14.1 Å². The van der Waals surface area contributed by atoms with Gasteiger partial charge in [0, 0.05) is 29.1 Å². The Balaban J connectivity index is 1.98. The van der Waals surface area contributed by atoms with E-state index in [4.69, 9.17) is 20.6 Å². The molecule has 0 aliphatic heterocycles. The third-order valence-corrected chi connectivity index (χ3v) is 5.84. The Kier molecular flexibility index (Phi) is 6.82. The Morgan fingerprint density at radius 3 is 2.61 bits per heavy atom. The summed E-state index contributed by atoms with van der Waals surface area (Å²) < 4.78 is 12.2. The molecule has 31 heavy (non-hydrogen) atoms. The van der Waals surface area contributed by atoms with E-state index in [2.05, 4.69) is 24.7 Å². The maximum Gasteiger partial charge on any atom is 0.213 e. The van der Waals surface area contributed by atoms with Gasteiger partial charge in [0.15, 0.2) is 6.29 Å². The zero-order chi connectivity index (χ0) is 22.6. The average molecular weight is 419 g/mol. The number of ether oxygens (including phenoxy) is 1. The number of aryl methyl sites for hydroxylation is 1. The van der Waals surface area contributed by atoms with Crippen LogP contribution in [0.1, 0.15) is 60.6 Å². The highest BCUT2D eigenvalue weighted by atomic mass is 16.5. The molecule has 0 saturated heterocycles. The fourth-order valence-corrected chi connectivity index (χ4v) is 3.97. The number of carbonyl (C=O) groups excluding carboxylic acids is 1. The first-order valence-electron chi connectivity index (χ1n) is 10.7. The lowest BCUT2D eigenvalue weighted by atomic mass is 9.82. The topological polar surface area (TPSA) is 55.6 Å². The van der Waals surface area contributed by atoms with Gasteiger partial charge >= 0.3 is 0 Å². The van der Waals surface area contributed by atoms with Crippen molar-refractivity contribution in [3.8, 4) is 18.2 Å². The van der Waals surface area contributed by atoms with Crippen molar-refractivity contribution in [3.05, 3.63) is 58.5 Å². The molecule has 0 fully saturated rings. The summed E-state index contributed by atoms with van der Waals surface area (Å²) in [5.41, 5.74) is 3.01. The molecule has 0 aliphatic carbocycles. The minimum absolute atomic E-state index is 0.504. The van der Waals surface area contributed by atoms with Gasteiger partial charge in [-0.3, -0.25) is 4.79 Å². The molecule has 2 heterocycles. The second-order valence-electron chi connectivity index (χ2n) is 8.12. The highest BCUT2D eigenvalue weighted by molar-refractivity contribution is 5.84. The number of fused-ring (bicyclic) bond motifs is 1. The molecule has 1 aromatic carbocycles. The fraction of sp³-hybridized carbons (Fsp3) is 0.385. The Bertz CT molecular complexity index is 1120. The summed E-state index contributed by atoms with van der Waals surface area (Å²) in [5, 5.41) is 1.00. The molecule has 0 unspecified atom stereocenters. The van der Waals surface area contributed by atoms with Crippen LogP contribution in [0, 0.1) is 19.3 Å². The number of hydrogen-bond acceptors (Lipinski definition) is 5. The van der Waals surface area contributed by atoms with E-state index in [0.29, 0.717) is 23.7 Å². The molecule has 2 aromatic heterocycles. The van der Waals surface area contributed by atoms with E-state index in [-0.39, 0.29) is 0 Å². The zero-order valence-corrected chi connectivity index (χ0v) is 19.0. The second kappa shape index (κ2) is 9.36. The summed E-state index contributed by atoms with van der Waals surface area (Å²) >= 11 is 0. The molecular formula is C26H30N2O3. The van der Waals surface area contributed by atoms with Crippen LogP contribution in [0.15, 0.2) is 34.7 Å². The monoisotopic (exact) mass is 418 g/mol. The number of nitrogens with zero attached hydrogens (tertiary/aromatic N) is 2. The number of aromatic nitrogens is 1. The van der Waals surface area contributed by atoms with E-state index < -0.39 is 5.41 Å². The van der Waals surface area contributed by atoms with Gasteiger partial charge in [0.2, 0.25) is 5.88 Å². The summed E-state index contributed by atoms with van der Waals surface area (Å²) in [7, 11) is 0. The number of terminal acetylenes is 1. The largest absolute Gasteiger partial charge is 0.476 e. The first-order valence-corrected chi connectivity index (χ1v) is 10.7. The predicted molar refractivity (Wildman–Crippen MR) is 124 cm³/mol. The van der Waals surface area contributed by atoms with Crippen LogP contribution < -0.4 is 4.74 Å². The normalized spacial score (nSPS) is 11.6. The van der Waals surface area contributed by atoms with Crippen LogP contribution in [0.5, 0.6) is 5.88 Å². The van der Waals surface area contributed by atoms with Gasteiger partial charge in [0.25, 0.3) is 0 Å². The summed E-state index contributed by atoms with van der Waals surface area (Å²) in [6, 6.07) is 9.25. The van der Waals surface area contributed by atoms with Crippen LogP contribution >= 0.6 is 0 Å². The van der Waals surface area contributed by atoms with Gasteiger partial charge in [-0.15, -0.1) is 6.42 Å². The highest BCUT2D eigenvalue weighted by Crippen LogP contribution is 2.39. The quantitative estimate of drug-likeness (QED) is 0.362. The summed E-state index contributed by atoms with van der Waals surface area (Å²) in [6.45, 7) is 13.6. The molecule has 0 radical (unpaired) electrons. The van der Waals surface area contributed by atoms with Gasteiger partial charge in [-0.2, -0.15) is 0 Å². The van der Waals surface area contributed by atoms with E-state index >= 15 is 0 Å². The number of hydrogen-bond donors (Lipinski definition) is 0. The number of likely N-dealkylation sites (N-methyl/N-ethyl adjacent to an activating group) is 1. The van der Waals surface area contributed by atoms with Gasteiger partial charge in [0.1, 0.15) is 18.0 Å². The van der Waals surface area contributed by atoms with Crippen LogP contribution in [0.4, 0.5) is 0 Å². The summed E-state index contributed by atoms with van der Waals surface area (Å²) in [5.74, 6) is 3.90. The number of pyridine rings is 1. The molecule has 5 heteroatoms. The van der Waals surface area contributed by atoms with Crippen molar-refractivity contribution in [2.45, 2.75) is 40.0 Å². The standard InChI is InChI=1S/C26H30N2O3/c1-7-19-10-12-21-18(4)25(31-22(21)16-19)26(5,6)24-20(17-29)11-13-23(27-24)30-15-14-28(8-2)9-3/h1,10-13,16-17H,8-9,14-15H2,2-6H3. The molecule has 5 nitrogen and oxygen atoms in total. The number of carbonyl (C=O) groups is 1. The lowest BCUT2D eigenvalue weighted by molar-refractivity contribution is 0.112. The lowest BCUT2D eigenvalue weighted by Crippen LogP contribution is -2.28. The molecule has 0 amide bonds. The minimum atomic E-state index is -0.645. The third kappa shape index (κ3) is 4.50. The first kappa shape index (κ1) is 22.6. The van der Waals surface area contributed by atoms with Gasteiger partial charge in [0.05, 0.1) is 11.1 Å². The number of rotatable bonds is 9. The van der Waals surface area contributed by atoms with Crippen molar-refractivity contribution >= 4 is 17.3 Å². The first-order chi connectivity index (χ1) is 14.8. The van der Waals surface area contributed by atoms with Gasteiger partial charge in [-0.1, -0.05) is 19.8 Å². The van der Waals surface area contributed by atoms with Crippen LogP contribution in [-0.4, -0.2) is 42.4 Å². The van der Waals surface area contributed by atoms with Crippen LogP contribution in [0.3, 0.4) is 0 Å². The molecule has 3 aromatic rings. The van der Waals surface area contributed by atoms with E-state index in [9.17, 15) is 4.79 Å². The van der Waals surface area contributed by atoms with E-state index in [1.54, 1.807) is 12.1 Å². The predicted octanol–water partition coefficient (Wildman–Crippen LogP) is 4.98. The summed E-state index contributed by atoms with van der Waals surface area (Å²) in [4.78, 5) is 18.8. The van der Waals surface area contributed by atoms with Crippen LogP contribution in [0.25, 0.3) is 11.0 Å². The zero-order valence-electron chi connectivity index (χ0n) is 19.0. The Morgan fingerprint density at radius 2 is 1.97 bits per heavy atom. The van der Waals surface area contributed by atoms with Crippen molar-refractivity contribution < 1.29 is 13.9 Å². The van der Waals surface area contributed by atoms with E-state index in [0.717, 1.165) is 53.8 Å². The average Bonchev–Trinajstić information content (AvgIpc) is 3.13. The minimum Gasteiger partial charge on any atom is -0.476 e. The second-order valence-corrected chi connectivity index (χ2v) is 8.12.